The fourth-order valence-electron chi connectivity index (χ4n) is 4.00. The minimum Gasteiger partial charge on any atom is -0.496 e. The van der Waals surface area contributed by atoms with Gasteiger partial charge in [0.05, 0.1) is 13.2 Å². The normalized spacial score (nSPS) is 29.2. The number of fused-ring (bicyclic) bond motifs is 2. The summed E-state index contributed by atoms with van der Waals surface area (Å²) in [6.07, 6.45) is 3.46. The molecule has 2 aliphatic carbocycles. The molecule has 2 nitrogen and oxygen atoms in total. The van der Waals surface area contributed by atoms with Crippen molar-refractivity contribution in [2.45, 2.75) is 25.4 Å². The Hall–Kier alpha value is -1.54. The molecule has 0 saturated heterocycles. The average molecular weight is 268 g/mol. The van der Waals surface area contributed by atoms with Gasteiger partial charge in [-0.15, -0.1) is 0 Å². The molecule has 0 aromatic heterocycles. The van der Waals surface area contributed by atoms with Gasteiger partial charge in [0.15, 0.2) is 0 Å². The summed E-state index contributed by atoms with van der Waals surface area (Å²) in [4.78, 5) is 0. The Kier molecular flexibility index (Phi) is 2.74. The molecule has 2 aliphatic rings. The van der Waals surface area contributed by atoms with Gasteiger partial charge in [0.25, 0.3) is 0 Å². The molecule has 20 heavy (non-hydrogen) atoms. The van der Waals surface area contributed by atoms with Crippen molar-refractivity contribution in [1.29, 1.82) is 0 Å². The van der Waals surface area contributed by atoms with Crippen molar-refractivity contribution in [1.82, 2.24) is 0 Å². The number of rotatable bonds is 3. The molecule has 0 aliphatic heterocycles. The first kappa shape index (κ1) is 12.2. The standard InChI is InChI=1S/C18H20O2/c1-20-17-7-6-16(14-4-2-3-5-15(14)17)18(19)13-9-11-8-12(11)10-13/h2-7,11-13,18-19H,8-10H2,1H3. The molecule has 1 N–H and O–H groups in total. The summed E-state index contributed by atoms with van der Waals surface area (Å²) in [7, 11) is 1.70. The Morgan fingerprint density at radius 3 is 2.40 bits per heavy atom. The van der Waals surface area contributed by atoms with Crippen LogP contribution < -0.4 is 4.74 Å². The average Bonchev–Trinajstić information content (AvgIpc) is 3.11. The van der Waals surface area contributed by atoms with Gasteiger partial charge in [-0.2, -0.15) is 0 Å². The summed E-state index contributed by atoms with van der Waals surface area (Å²) in [6.45, 7) is 0. The predicted molar refractivity (Wildman–Crippen MR) is 79.8 cm³/mol. The highest BCUT2D eigenvalue weighted by Gasteiger charge is 2.48. The Labute approximate surface area is 119 Å². The maximum Gasteiger partial charge on any atom is 0.126 e. The first-order valence-electron chi connectivity index (χ1n) is 7.51. The van der Waals surface area contributed by atoms with E-state index >= 15 is 0 Å². The van der Waals surface area contributed by atoms with E-state index in [1.165, 1.54) is 19.3 Å². The zero-order chi connectivity index (χ0) is 13.7. The summed E-state index contributed by atoms with van der Waals surface area (Å²) in [5, 5.41) is 13.0. The fourth-order valence-corrected chi connectivity index (χ4v) is 4.00. The van der Waals surface area contributed by atoms with Gasteiger partial charge in [-0.1, -0.05) is 30.3 Å². The van der Waals surface area contributed by atoms with Crippen molar-refractivity contribution in [3.05, 3.63) is 42.0 Å². The van der Waals surface area contributed by atoms with Gasteiger partial charge in [-0.05, 0) is 54.0 Å². The minimum absolute atomic E-state index is 0.335. The quantitative estimate of drug-likeness (QED) is 0.914. The minimum atomic E-state index is -0.335. The Bertz CT molecular complexity index is 639. The van der Waals surface area contributed by atoms with Gasteiger partial charge in [-0.25, -0.2) is 0 Å². The number of aliphatic hydroxyl groups excluding tert-OH is 1. The highest BCUT2D eigenvalue weighted by Crippen LogP contribution is 2.57. The molecule has 0 radical (unpaired) electrons. The van der Waals surface area contributed by atoms with Crippen LogP contribution in [0.25, 0.3) is 10.8 Å². The molecule has 2 fully saturated rings. The predicted octanol–water partition coefficient (Wildman–Crippen LogP) is 3.93. The molecular formula is C18H20O2. The smallest absolute Gasteiger partial charge is 0.126 e. The van der Waals surface area contributed by atoms with Crippen LogP contribution in [-0.2, 0) is 0 Å². The molecule has 3 unspecified atom stereocenters. The molecule has 0 heterocycles. The molecule has 2 aromatic carbocycles. The van der Waals surface area contributed by atoms with Crippen LogP contribution in [0.3, 0.4) is 0 Å². The Morgan fingerprint density at radius 1 is 1.00 bits per heavy atom. The number of benzene rings is 2. The zero-order valence-corrected chi connectivity index (χ0v) is 11.8. The third-order valence-electron chi connectivity index (χ3n) is 5.18. The first-order chi connectivity index (χ1) is 9.78. The van der Waals surface area contributed by atoms with E-state index in [9.17, 15) is 5.11 Å². The van der Waals surface area contributed by atoms with Gasteiger partial charge in [0.2, 0.25) is 0 Å². The van der Waals surface area contributed by atoms with Gasteiger partial charge < -0.3 is 9.84 Å². The highest BCUT2D eigenvalue weighted by molar-refractivity contribution is 5.91. The maximum absolute atomic E-state index is 10.8. The second-order valence-corrected chi connectivity index (χ2v) is 6.33. The van der Waals surface area contributed by atoms with E-state index < -0.39 is 0 Å². The van der Waals surface area contributed by atoms with E-state index in [2.05, 4.69) is 12.1 Å². The maximum atomic E-state index is 10.8. The van der Waals surface area contributed by atoms with E-state index in [1.54, 1.807) is 7.11 Å². The number of methoxy groups -OCH3 is 1. The molecule has 0 amide bonds. The van der Waals surface area contributed by atoms with Crippen LogP contribution in [0.5, 0.6) is 5.75 Å². The van der Waals surface area contributed by atoms with Crippen molar-refractivity contribution in [2.24, 2.45) is 17.8 Å². The molecule has 0 bridgehead atoms. The number of ether oxygens (including phenoxy) is 1. The van der Waals surface area contributed by atoms with Gasteiger partial charge in [0.1, 0.15) is 5.75 Å². The zero-order valence-electron chi connectivity index (χ0n) is 11.8. The lowest BCUT2D eigenvalue weighted by Crippen LogP contribution is -2.11. The summed E-state index contributed by atoms with van der Waals surface area (Å²) in [5.41, 5.74) is 1.06. The second-order valence-electron chi connectivity index (χ2n) is 6.33. The topological polar surface area (TPSA) is 29.5 Å². The number of hydrogen-bond donors (Lipinski definition) is 1. The van der Waals surface area contributed by atoms with Crippen LogP contribution in [0.15, 0.2) is 36.4 Å². The van der Waals surface area contributed by atoms with E-state index in [-0.39, 0.29) is 6.10 Å². The first-order valence-corrected chi connectivity index (χ1v) is 7.51. The molecule has 4 rings (SSSR count). The van der Waals surface area contributed by atoms with E-state index in [0.29, 0.717) is 5.92 Å². The van der Waals surface area contributed by atoms with Gasteiger partial charge >= 0.3 is 0 Å². The monoisotopic (exact) mass is 268 g/mol. The Morgan fingerprint density at radius 2 is 1.70 bits per heavy atom. The summed E-state index contributed by atoms with van der Waals surface area (Å²) >= 11 is 0. The van der Waals surface area contributed by atoms with Crippen LogP contribution in [0.1, 0.15) is 30.9 Å². The molecule has 2 heteroatoms. The second kappa shape index (κ2) is 4.49. The summed E-state index contributed by atoms with van der Waals surface area (Å²) in [5.74, 6) is 3.12. The molecule has 104 valence electrons. The Balaban J connectivity index is 1.75. The van der Waals surface area contributed by atoms with Crippen molar-refractivity contribution >= 4 is 10.8 Å². The van der Waals surface area contributed by atoms with Crippen molar-refractivity contribution in [2.75, 3.05) is 7.11 Å². The van der Waals surface area contributed by atoms with E-state index in [4.69, 9.17) is 4.74 Å². The largest absolute Gasteiger partial charge is 0.496 e. The molecule has 2 aromatic rings. The van der Waals surface area contributed by atoms with E-state index in [0.717, 1.165) is 33.9 Å². The van der Waals surface area contributed by atoms with Crippen molar-refractivity contribution in [3.8, 4) is 5.75 Å². The summed E-state index contributed by atoms with van der Waals surface area (Å²) in [6, 6.07) is 12.2. The van der Waals surface area contributed by atoms with Gasteiger partial charge in [-0.3, -0.25) is 0 Å². The molecule has 3 atom stereocenters. The third-order valence-corrected chi connectivity index (χ3v) is 5.18. The van der Waals surface area contributed by atoms with Crippen LogP contribution in [0.2, 0.25) is 0 Å². The lowest BCUT2D eigenvalue weighted by atomic mass is 9.88. The van der Waals surface area contributed by atoms with Crippen molar-refractivity contribution in [3.63, 3.8) is 0 Å². The lowest BCUT2D eigenvalue weighted by molar-refractivity contribution is 0.106. The molecule has 0 spiro atoms. The SMILES string of the molecule is COc1ccc(C(O)C2CC3CC3C2)c2ccccc12. The number of aliphatic hydroxyl groups is 1. The lowest BCUT2D eigenvalue weighted by Gasteiger charge is -2.22. The highest BCUT2D eigenvalue weighted by atomic mass is 16.5. The third kappa shape index (κ3) is 1.82. The van der Waals surface area contributed by atoms with E-state index in [1.807, 2.05) is 24.3 Å². The molecular weight excluding hydrogens is 248 g/mol. The number of hydrogen-bond acceptors (Lipinski definition) is 2. The van der Waals surface area contributed by atoms with Crippen LogP contribution in [0.4, 0.5) is 0 Å². The van der Waals surface area contributed by atoms with Gasteiger partial charge in [0, 0.05) is 5.39 Å². The van der Waals surface area contributed by atoms with Crippen molar-refractivity contribution < 1.29 is 9.84 Å². The van der Waals surface area contributed by atoms with Crippen LogP contribution in [0, 0.1) is 17.8 Å². The summed E-state index contributed by atoms with van der Waals surface area (Å²) < 4.78 is 5.43. The van der Waals surface area contributed by atoms with Crippen LogP contribution >= 0.6 is 0 Å². The fraction of sp³-hybridized carbons (Fsp3) is 0.444. The van der Waals surface area contributed by atoms with Crippen LogP contribution in [-0.4, -0.2) is 12.2 Å². The molecule has 2 saturated carbocycles.